The molecule has 0 aromatic carbocycles. The fraction of sp³-hybridized carbons (Fsp3) is 0. The van der Waals surface area contributed by atoms with E-state index in [0.29, 0.717) is 11.5 Å². The Balaban J connectivity index is 2.11. The quantitative estimate of drug-likeness (QED) is 0.815. The van der Waals surface area contributed by atoms with Crippen LogP contribution in [0, 0.1) is 0 Å². The molecule has 0 fully saturated rings. The van der Waals surface area contributed by atoms with Crippen molar-refractivity contribution >= 4 is 35.3 Å². The van der Waals surface area contributed by atoms with Gasteiger partial charge in [0.1, 0.15) is 5.82 Å². The number of carboxylic acid groups (broad SMARTS) is 1. The van der Waals surface area contributed by atoms with Gasteiger partial charge in [0.2, 0.25) is 0 Å². The van der Waals surface area contributed by atoms with E-state index in [1.807, 2.05) is 0 Å². The maximum atomic E-state index is 11.7. The van der Waals surface area contributed by atoms with Crippen LogP contribution in [-0.4, -0.2) is 31.6 Å². The number of carbonyl (C=O) groups excluding carboxylic acids is 1. The Kier molecular flexibility index (Phi) is 3.94. The van der Waals surface area contributed by atoms with Gasteiger partial charge in [0.05, 0.1) is 5.69 Å². The van der Waals surface area contributed by atoms with Crippen LogP contribution in [0.5, 0.6) is 0 Å². The number of aromatic nitrogens is 3. The van der Waals surface area contributed by atoms with Crippen molar-refractivity contribution in [2.45, 2.75) is 0 Å². The lowest BCUT2D eigenvalue weighted by atomic mass is 10.3. The van der Waals surface area contributed by atoms with Crippen molar-refractivity contribution < 1.29 is 14.7 Å². The van der Waals surface area contributed by atoms with Gasteiger partial charge >= 0.3 is 5.97 Å². The molecule has 0 saturated heterocycles. The predicted octanol–water partition coefficient (Wildman–Crippen LogP) is 1.28. The molecule has 0 aliphatic rings. The summed E-state index contributed by atoms with van der Waals surface area (Å²) in [6.45, 7) is 0. The van der Waals surface area contributed by atoms with E-state index in [4.69, 9.17) is 5.11 Å². The summed E-state index contributed by atoms with van der Waals surface area (Å²) >= 11 is 1.07. The normalized spacial score (nSPS) is 10.5. The lowest BCUT2D eigenvalue weighted by Crippen LogP contribution is -2.13. The number of carbonyl (C=O) groups is 2. The molecule has 2 aromatic rings. The second-order valence-electron chi connectivity index (χ2n) is 3.36. The van der Waals surface area contributed by atoms with E-state index in [2.05, 4.69) is 19.9 Å². The molecule has 96 valence electrons. The van der Waals surface area contributed by atoms with E-state index in [0.717, 1.165) is 17.6 Å². The molecule has 19 heavy (non-hydrogen) atoms. The Labute approximate surface area is 111 Å². The first-order valence-corrected chi connectivity index (χ1v) is 5.95. The van der Waals surface area contributed by atoms with Crippen LogP contribution in [0.4, 0.5) is 5.82 Å². The van der Waals surface area contributed by atoms with Gasteiger partial charge in [0.15, 0.2) is 5.69 Å². The van der Waals surface area contributed by atoms with Gasteiger partial charge in [-0.3, -0.25) is 4.79 Å². The molecule has 7 nitrogen and oxygen atoms in total. The first-order chi connectivity index (χ1) is 9.15. The minimum absolute atomic E-state index is 0.207. The van der Waals surface area contributed by atoms with Crippen LogP contribution in [0.1, 0.15) is 16.2 Å². The van der Waals surface area contributed by atoms with Crippen LogP contribution >= 0.6 is 11.5 Å². The molecular formula is C11H8N4O3S. The second kappa shape index (κ2) is 5.83. The summed E-state index contributed by atoms with van der Waals surface area (Å²) in [5.41, 5.74) is 0.634. The Hall–Kier alpha value is -2.61. The van der Waals surface area contributed by atoms with Crippen LogP contribution < -0.4 is 5.32 Å². The van der Waals surface area contributed by atoms with E-state index in [-0.39, 0.29) is 5.69 Å². The summed E-state index contributed by atoms with van der Waals surface area (Å²) < 4.78 is 3.59. The average Bonchev–Trinajstić information content (AvgIpc) is 2.91. The Morgan fingerprint density at radius 1 is 1.37 bits per heavy atom. The van der Waals surface area contributed by atoms with Crippen molar-refractivity contribution in [3.63, 3.8) is 0 Å². The monoisotopic (exact) mass is 276 g/mol. The van der Waals surface area contributed by atoms with Crippen molar-refractivity contribution in [2.24, 2.45) is 0 Å². The van der Waals surface area contributed by atoms with Crippen LogP contribution in [0.2, 0.25) is 0 Å². The Bertz CT molecular complexity index is 625. The highest BCUT2D eigenvalue weighted by atomic mass is 32.1. The van der Waals surface area contributed by atoms with Gasteiger partial charge in [-0.2, -0.15) is 0 Å². The number of hydrogen-bond donors (Lipinski definition) is 2. The predicted molar refractivity (Wildman–Crippen MR) is 68.8 cm³/mol. The van der Waals surface area contributed by atoms with Gasteiger partial charge in [0, 0.05) is 11.5 Å². The molecule has 2 rings (SSSR count). The number of amides is 1. The number of rotatable bonds is 4. The van der Waals surface area contributed by atoms with Crippen molar-refractivity contribution in [3.8, 4) is 0 Å². The Morgan fingerprint density at radius 2 is 2.21 bits per heavy atom. The van der Waals surface area contributed by atoms with Crippen molar-refractivity contribution in [1.82, 2.24) is 14.6 Å². The van der Waals surface area contributed by atoms with Gasteiger partial charge in [-0.05, 0) is 29.7 Å². The smallest absolute Gasteiger partial charge is 0.328 e. The summed E-state index contributed by atoms with van der Waals surface area (Å²) in [6.07, 6.45) is 2.31. The van der Waals surface area contributed by atoms with Crippen LogP contribution in [0.25, 0.3) is 6.08 Å². The zero-order valence-corrected chi connectivity index (χ0v) is 10.3. The van der Waals surface area contributed by atoms with Crippen LogP contribution in [0.15, 0.2) is 29.7 Å². The number of aliphatic carboxylic acids is 1. The number of anilines is 1. The minimum atomic E-state index is -1.07. The lowest BCUT2D eigenvalue weighted by molar-refractivity contribution is -0.131. The maximum absolute atomic E-state index is 11.7. The third kappa shape index (κ3) is 3.68. The first-order valence-electron chi connectivity index (χ1n) is 5.11. The summed E-state index contributed by atoms with van der Waals surface area (Å²) in [7, 11) is 0. The highest BCUT2D eigenvalue weighted by molar-refractivity contribution is 7.03. The van der Waals surface area contributed by atoms with E-state index >= 15 is 0 Å². The average molecular weight is 276 g/mol. The van der Waals surface area contributed by atoms with Crippen molar-refractivity contribution in [3.05, 3.63) is 41.0 Å². The highest BCUT2D eigenvalue weighted by Gasteiger charge is 2.09. The third-order valence-corrected chi connectivity index (χ3v) is 2.51. The molecule has 2 N–H and O–H groups in total. The Morgan fingerprint density at radius 3 is 2.89 bits per heavy atom. The molecule has 8 heteroatoms. The van der Waals surface area contributed by atoms with Gasteiger partial charge in [-0.25, -0.2) is 9.78 Å². The van der Waals surface area contributed by atoms with E-state index in [9.17, 15) is 9.59 Å². The first kappa shape index (κ1) is 12.8. The second-order valence-corrected chi connectivity index (χ2v) is 3.97. The summed E-state index contributed by atoms with van der Waals surface area (Å²) in [5, 5.41) is 16.2. The van der Waals surface area contributed by atoms with Gasteiger partial charge < -0.3 is 10.4 Å². The highest BCUT2D eigenvalue weighted by Crippen LogP contribution is 2.08. The molecular weight excluding hydrogens is 268 g/mol. The largest absolute Gasteiger partial charge is 0.478 e. The molecule has 0 atom stereocenters. The molecule has 1 amide bonds. The van der Waals surface area contributed by atoms with Gasteiger partial charge in [-0.1, -0.05) is 10.6 Å². The molecule has 2 heterocycles. The zero-order chi connectivity index (χ0) is 13.7. The lowest BCUT2D eigenvalue weighted by Gasteiger charge is -2.02. The number of nitrogens with zero attached hydrogens (tertiary/aromatic N) is 3. The summed E-state index contributed by atoms with van der Waals surface area (Å²) in [4.78, 5) is 26.2. The third-order valence-electron chi connectivity index (χ3n) is 2.00. The van der Waals surface area contributed by atoms with Crippen LogP contribution in [-0.2, 0) is 4.79 Å². The molecule has 0 bridgehead atoms. The summed E-state index contributed by atoms with van der Waals surface area (Å²) in [6, 6.07) is 4.87. The SMILES string of the molecule is O=C(O)C=Cc1cccc(NC(=O)c2csnn2)n1. The molecule has 2 aromatic heterocycles. The molecule has 0 saturated carbocycles. The summed E-state index contributed by atoms with van der Waals surface area (Å²) in [5.74, 6) is -1.17. The number of pyridine rings is 1. The van der Waals surface area contributed by atoms with Gasteiger partial charge in [-0.15, -0.1) is 5.10 Å². The molecule has 0 unspecified atom stereocenters. The van der Waals surface area contributed by atoms with E-state index in [1.165, 1.54) is 11.5 Å². The molecule has 0 aliphatic heterocycles. The molecule has 0 spiro atoms. The molecule has 0 radical (unpaired) electrons. The van der Waals surface area contributed by atoms with Gasteiger partial charge in [0.25, 0.3) is 5.91 Å². The minimum Gasteiger partial charge on any atom is -0.478 e. The van der Waals surface area contributed by atoms with Crippen molar-refractivity contribution in [1.29, 1.82) is 0 Å². The molecule has 0 aliphatic carbocycles. The topological polar surface area (TPSA) is 105 Å². The standard InChI is InChI=1S/C11H8N4O3S/c16-10(17)5-4-7-2-1-3-9(12-7)13-11(18)8-6-19-15-14-8/h1-6H,(H,16,17)(H,12,13,18). The van der Waals surface area contributed by atoms with Crippen LogP contribution in [0.3, 0.4) is 0 Å². The van der Waals surface area contributed by atoms with E-state index < -0.39 is 11.9 Å². The van der Waals surface area contributed by atoms with E-state index in [1.54, 1.807) is 18.2 Å². The van der Waals surface area contributed by atoms with Crippen molar-refractivity contribution in [2.75, 3.05) is 5.32 Å². The number of carboxylic acids is 1. The fourth-order valence-electron chi connectivity index (χ4n) is 1.21. The number of nitrogens with one attached hydrogen (secondary N) is 1. The zero-order valence-electron chi connectivity index (χ0n) is 9.48. The number of hydrogen-bond acceptors (Lipinski definition) is 6. The maximum Gasteiger partial charge on any atom is 0.328 e. The fourth-order valence-corrected chi connectivity index (χ4v) is 1.65.